The van der Waals surface area contributed by atoms with Crippen LogP contribution in [0.25, 0.3) is 0 Å². The van der Waals surface area contributed by atoms with Gasteiger partial charge in [0.1, 0.15) is 28.1 Å². The van der Waals surface area contributed by atoms with E-state index >= 15 is 0 Å². The largest absolute Gasteiger partial charge is 0.494 e. The summed E-state index contributed by atoms with van der Waals surface area (Å²) in [7, 11) is 0. The van der Waals surface area contributed by atoms with E-state index in [-0.39, 0.29) is 16.2 Å². The van der Waals surface area contributed by atoms with Crippen LogP contribution in [0.15, 0.2) is 36.4 Å². The predicted molar refractivity (Wildman–Crippen MR) is 83.1 cm³/mol. The van der Waals surface area contributed by atoms with E-state index in [1.54, 1.807) is 24.3 Å². The second kappa shape index (κ2) is 6.49. The second-order valence-corrected chi connectivity index (χ2v) is 4.70. The van der Waals surface area contributed by atoms with E-state index < -0.39 is 11.6 Å². The van der Waals surface area contributed by atoms with Crippen molar-refractivity contribution >= 4 is 28.6 Å². The van der Waals surface area contributed by atoms with Gasteiger partial charge in [0.2, 0.25) is 0 Å². The van der Waals surface area contributed by atoms with Gasteiger partial charge in [-0.2, -0.15) is 0 Å². The minimum absolute atomic E-state index is 0.0577. The van der Waals surface area contributed by atoms with Gasteiger partial charge in [-0.1, -0.05) is 18.3 Å². The maximum absolute atomic E-state index is 14.0. The summed E-state index contributed by atoms with van der Waals surface area (Å²) in [5.41, 5.74) is 5.77. The maximum atomic E-state index is 14.0. The quantitative estimate of drug-likeness (QED) is 0.826. The first kappa shape index (κ1) is 15.2. The molecule has 0 heterocycles. The van der Waals surface area contributed by atoms with Gasteiger partial charge in [0, 0.05) is 17.3 Å². The van der Waals surface area contributed by atoms with Crippen LogP contribution in [0.2, 0.25) is 0 Å². The molecule has 0 unspecified atom stereocenters. The molecule has 2 rings (SSSR count). The SMILES string of the molecule is CCOc1cccc(Nc2c(F)cc(C(N)=S)cc2F)c1. The van der Waals surface area contributed by atoms with Gasteiger partial charge < -0.3 is 15.8 Å². The fourth-order valence-corrected chi connectivity index (χ4v) is 1.93. The highest BCUT2D eigenvalue weighted by atomic mass is 32.1. The summed E-state index contributed by atoms with van der Waals surface area (Å²) in [6.45, 7) is 2.36. The fourth-order valence-electron chi connectivity index (χ4n) is 1.81. The van der Waals surface area contributed by atoms with Crippen LogP contribution >= 0.6 is 12.2 Å². The zero-order chi connectivity index (χ0) is 15.4. The minimum atomic E-state index is -0.764. The number of anilines is 2. The molecule has 0 aliphatic heterocycles. The van der Waals surface area contributed by atoms with Crippen molar-refractivity contribution < 1.29 is 13.5 Å². The number of ether oxygens (including phenoxy) is 1. The fraction of sp³-hybridized carbons (Fsp3) is 0.133. The summed E-state index contributed by atoms with van der Waals surface area (Å²) in [5.74, 6) is -0.915. The van der Waals surface area contributed by atoms with Gasteiger partial charge in [0.25, 0.3) is 0 Å². The molecule has 0 saturated carbocycles. The van der Waals surface area contributed by atoms with Crippen molar-refractivity contribution in [2.45, 2.75) is 6.92 Å². The first-order valence-corrected chi connectivity index (χ1v) is 6.70. The van der Waals surface area contributed by atoms with Crippen LogP contribution < -0.4 is 15.8 Å². The van der Waals surface area contributed by atoms with E-state index in [2.05, 4.69) is 5.32 Å². The van der Waals surface area contributed by atoms with Gasteiger partial charge >= 0.3 is 0 Å². The topological polar surface area (TPSA) is 47.3 Å². The summed E-state index contributed by atoms with van der Waals surface area (Å²) in [6, 6.07) is 9.02. The standard InChI is InChI=1S/C15H14F2N2OS/c1-2-20-11-5-3-4-10(8-11)19-14-12(16)6-9(15(18)21)7-13(14)17/h3-8,19H,2H2,1H3,(H2,18,21). The first-order chi connectivity index (χ1) is 10.0. The Bertz CT molecular complexity index is 653. The van der Waals surface area contributed by atoms with Gasteiger partial charge in [-0.15, -0.1) is 0 Å². The van der Waals surface area contributed by atoms with Crippen LogP contribution in [0.3, 0.4) is 0 Å². The number of benzene rings is 2. The van der Waals surface area contributed by atoms with Crippen molar-refractivity contribution in [3.63, 3.8) is 0 Å². The first-order valence-electron chi connectivity index (χ1n) is 6.30. The van der Waals surface area contributed by atoms with Crippen LogP contribution in [-0.2, 0) is 0 Å². The van der Waals surface area contributed by atoms with Crippen LogP contribution in [0, 0.1) is 11.6 Å². The molecule has 110 valence electrons. The third kappa shape index (κ3) is 3.66. The van der Waals surface area contributed by atoms with Crippen LogP contribution in [0.5, 0.6) is 5.75 Å². The maximum Gasteiger partial charge on any atom is 0.150 e. The molecule has 0 amide bonds. The molecule has 21 heavy (non-hydrogen) atoms. The van der Waals surface area contributed by atoms with E-state index in [9.17, 15) is 8.78 Å². The monoisotopic (exact) mass is 308 g/mol. The Balaban J connectivity index is 2.31. The highest BCUT2D eigenvalue weighted by Crippen LogP contribution is 2.26. The number of halogens is 2. The van der Waals surface area contributed by atoms with Crippen molar-refractivity contribution in [1.82, 2.24) is 0 Å². The Labute approximate surface area is 126 Å². The average Bonchev–Trinajstić information content (AvgIpc) is 2.43. The number of hydrogen-bond donors (Lipinski definition) is 2. The zero-order valence-electron chi connectivity index (χ0n) is 11.3. The molecule has 0 atom stereocenters. The smallest absolute Gasteiger partial charge is 0.150 e. The molecule has 3 N–H and O–H groups in total. The van der Waals surface area contributed by atoms with Gasteiger partial charge in [-0.05, 0) is 31.2 Å². The van der Waals surface area contributed by atoms with Gasteiger partial charge in [-0.3, -0.25) is 0 Å². The van der Waals surface area contributed by atoms with Crippen molar-refractivity contribution in [3.05, 3.63) is 53.6 Å². The van der Waals surface area contributed by atoms with Gasteiger partial charge in [0.15, 0.2) is 0 Å². The van der Waals surface area contributed by atoms with Crippen molar-refractivity contribution in [2.24, 2.45) is 5.73 Å². The third-order valence-electron chi connectivity index (χ3n) is 2.74. The summed E-state index contributed by atoms with van der Waals surface area (Å²) < 4.78 is 33.2. The Kier molecular flexibility index (Phi) is 4.70. The Morgan fingerprint density at radius 1 is 1.24 bits per heavy atom. The molecule has 0 aliphatic carbocycles. The molecule has 2 aromatic rings. The van der Waals surface area contributed by atoms with Crippen molar-refractivity contribution in [3.8, 4) is 5.75 Å². The summed E-state index contributed by atoms with van der Waals surface area (Å²) in [4.78, 5) is -0.0577. The second-order valence-electron chi connectivity index (χ2n) is 4.26. The van der Waals surface area contributed by atoms with Crippen molar-refractivity contribution in [2.75, 3.05) is 11.9 Å². The van der Waals surface area contributed by atoms with Crippen molar-refractivity contribution in [1.29, 1.82) is 0 Å². The third-order valence-corrected chi connectivity index (χ3v) is 2.98. The molecule has 0 bridgehead atoms. The van der Waals surface area contributed by atoms with Crippen LogP contribution in [0.1, 0.15) is 12.5 Å². The molecular weight excluding hydrogens is 294 g/mol. The lowest BCUT2D eigenvalue weighted by atomic mass is 10.1. The highest BCUT2D eigenvalue weighted by molar-refractivity contribution is 7.80. The van der Waals surface area contributed by atoms with Crippen LogP contribution in [-0.4, -0.2) is 11.6 Å². The molecule has 0 saturated heterocycles. The molecular formula is C15H14F2N2OS. The molecule has 0 spiro atoms. The minimum Gasteiger partial charge on any atom is -0.494 e. The molecule has 0 aromatic heterocycles. The van der Waals surface area contributed by atoms with Gasteiger partial charge in [-0.25, -0.2) is 8.78 Å². The summed E-state index contributed by atoms with van der Waals surface area (Å²) in [5, 5.41) is 2.69. The average molecular weight is 308 g/mol. The van der Waals surface area contributed by atoms with E-state index in [0.29, 0.717) is 18.0 Å². The zero-order valence-corrected chi connectivity index (χ0v) is 12.1. The molecule has 0 aliphatic rings. The lowest BCUT2D eigenvalue weighted by molar-refractivity contribution is 0.340. The molecule has 3 nitrogen and oxygen atoms in total. The molecule has 6 heteroatoms. The highest BCUT2D eigenvalue weighted by Gasteiger charge is 2.13. The lowest BCUT2D eigenvalue weighted by Crippen LogP contribution is -2.11. The normalized spacial score (nSPS) is 10.2. The van der Waals surface area contributed by atoms with E-state index in [1.807, 2.05) is 6.92 Å². The molecule has 0 radical (unpaired) electrons. The Hall–Kier alpha value is -2.21. The van der Waals surface area contributed by atoms with Gasteiger partial charge in [0.05, 0.1) is 6.61 Å². The Morgan fingerprint density at radius 2 is 1.90 bits per heavy atom. The summed E-state index contributed by atoms with van der Waals surface area (Å²) >= 11 is 4.71. The van der Waals surface area contributed by atoms with E-state index in [1.165, 1.54) is 0 Å². The number of hydrogen-bond acceptors (Lipinski definition) is 3. The number of rotatable bonds is 5. The Morgan fingerprint density at radius 3 is 2.48 bits per heavy atom. The lowest BCUT2D eigenvalue weighted by Gasteiger charge is -2.11. The summed E-state index contributed by atoms with van der Waals surface area (Å²) in [6.07, 6.45) is 0. The number of nitrogens with two attached hydrogens (primary N) is 1. The number of nitrogens with one attached hydrogen (secondary N) is 1. The van der Waals surface area contributed by atoms with E-state index in [0.717, 1.165) is 12.1 Å². The molecule has 0 fully saturated rings. The number of thiocarbonyl (C=S) groups is 1. The predicted octanol–water partition coefficient (Wildman–Crippen LogP) is 3.74. The van der Waals surface area contributed by atoms with Crippen LogP contribution in [0.4, 0.5) is 20.2 Å². The van der Waals surface area contributed by atoms with E-state index in [4.69, 9.17) is 22.7 Å². The molecule has 2 aromatic carbocycles.